The minimum Gasteiger partial charge on any atom is -0.495 e. The molecule has 572 valence electrons. The van der Waals surface area contributed by atoms with Crippen LogP contribution in [0.5, 0.6) is 11.8 Å². The number of alkyl halides is 3. The minimum absolute atomic E-state index is 0.173. The maximum atomic E-state index is 12.3. The second kappa shape index (κ2) is 32.7. The molecule has 1 aromatic carbocycles. The smallest absolute Gasteiger partial charge is 0.495 e. The van der Waals surface area contributed by atoms with Crippen LogP contribution < -0.4 is 36.0 Å². The number of amides is 1. The number of ether oxygens (including phenoxy) is 1. The predicted octanol–water partition coefficient (Wildman–Crippen LogP) is 7.75. The molecule has 1 fully saturated rings. The number of carbonyl (C=O) groups excluding carboxylic acids is 1. The van der Waals surface area contributed by atoms with Crippen LogP contribution in [0.4, 0.5) is 30.2 Å². The van der Waals surface area contributed by atoms with Crippen LogP contribution in [0.1, 0.15) is 27.7 Å². The van der Waals surface area contributed by atoms with Gasteiger partial charge in [-0.05, 0) is 143 Å². The number of methoxy groups -OCH3 is 1. The van der Waals surface area contributed by atoms with Crippen molar-refractivity contribution < 1.29 is 61.4 Å². The van der Waals surface area contributed by atoms with E-state index in [-0.39, 0.29) is 40.2 Å². The summed E-state index contributed by atoms with van der Waals surface area (Å²) in [7, 11) is 2.41. The van der Waals surface area contributed by atoms with Crippen molar-refractivity contribution in [3.63, 3.8) is 0 Å². The lowest BCUT2D eigenvalue weighted by Gasteiger charge is -2.32. The zero-order valence-electron chi connectivity index (χ0n) is 61.1. The molecule has 1 amide bonds. The zero-order chi connectivity index (χ0) is 79.2. The van der Waals surface area contributed by atoms with Gasteiger partial charge in [-0.2, -0.15) is 31.6 Å². The van der Waals surface area contributed by atoms with E-state index < -0.39 is 41.3 Å². The van der Waals surface area contributed by atoms with Gasteiger partial charge in [0.2, 0.25) is 25.6 Å². The third kappa shape index (κ3) is 19.6. The molecular weight excluding hydrogens is 1530 g/mol. The first-order valence-electron chi connectivity index (χ1n) is 32.3. The fraction of sp³-hybridized carbons (Fsp3) is 0.279. The van der Waals surface area contributed by atoms with Crippen LogP contribution in [0.15, 0.2) is 192 Å². The number of nitrogens with two attached hydrogens (primary N) is 1. The van der Waals surface area contributed by atoms with E-state index in [1.54, 1.807) is 82.7 Å². The minimum atomic E-state index is -5.82. The summed E-state index contributed by atoms with van der Waals surface area (Å²) in [6, 6.07) is 24.9. The summed E-state index contributed by atoms with van der Waals surface area (Å²) < 4.78 is 140. The molecule has 0 aliphatic carbocycles. The first-order chi connectivity index (χ1) is 50.5. The summed E-state index contributed by atoms with van der Waals surface area (Å²) >= 11 is 3.25. The summed E-state index contributed by atoms with van der Waals surface area (Å²) in [5.74, 6) is 0.306. The van der Waals surface area contributed by atoms with Gasteiger partial charge in [0.1, 0.15) is 10.4 Å². The molecule has 0 saturated carbocycles. The van der Waals surface area contributed by atoms with Gasteiger partial charge in [-0.25, -0.2) is 50.2 Å². The van der Waals surface area contributed by atoms with E-state index in [9.17, 15) is 48.0 Å². The highest BCUT2D eigenvalue weighted by atomic mass is 79.9. The number of anilines is 3. The Labute approximate surface area is 628 Å². The number of fused-ring (bicyclic) bond motifs is 4. The summed E-state index contributed by atoms with van der Waals surface area (Å²) in [6.07, 6.45) is 24.5. The molecule has 0 atom stereocenters. The maximum absolute atomic E-state index is 12.3. The lowest BCUT2D eigenvalue weighted by atomic mass is 9.81. The van der Waals surface area contributed by atoms with E-state index in [0.29, 0.717) is 32.9 Å². The fourth-order valence-corrected chi connectivity index (χ4v) is 11.9. The Morgan fingerprint density at radius 3 is 1.60 bits per heavy atom. The Hall–Kier alpha value is -10.9. The van der Waals surface area contributed by atoms with Gasteiger partial charge in [0.25, 0.3) is 10.3 Å². The fourth-order valence-electron chi connectivity index (χ4n) is 10.2. The van der Waals surface area contributed by atoms with E-state index in [1.165, 1.54) is 33.7 Å². The maximum Gasteiger partial charge on any atom is 0.534 e. The molecule has 13 heterocycles. The molecule has 0 radical (unpaired) electrons. The zero-order valence-corrected chi connectivity index (χ0v) is 65.1. The summed E-state index contributed by atoms with van der Waals surface area (Å²) in [6.45, 7) is 13.4. The van der Waals surface area contributed by atoms with Crippen molar-refractivity contribution in [2.75, 3.05) is 69.8 Å². The topological polar surface area (TPSA) is 361 Å². The number of rotatable bonds is 15. The number of nitrogens with zero attached hydrogens (tertiary/aromatic N) is 17. The highest BCUT2D eigenvalue weighted by molar-refractivity contribution is 9.10. The number of hydrogen-bond acceptors (Lipinski definition) is 22. The highest BCUT2D eigenvalue weighted by Crippen LogP contribution is 2.38. The van der Waals surface area contributed by atoms with Crippen molar-refractivity contribution in [3.8, 4) is 45.5 Å². The molecule has 40 heteroatoms. The number of H-pyrrole nitrogens is 1. The van der Waals surface area contributed by atoms with E-state index in [4.69, 9.17) is 19.8 Å². The van der Waals surface area contributed by atoms with Crippen molar-refractivity contribution in [2.24, 2.45) is 28.2 Å². The highest BCUT2D eigenvalue weighted by Gasteiger charge is 2.52. The Bertz CT molecular complexity index is 5800. The first kappa shape index (κ1) is 81.2. The van der Waals surface area contributed by atoms with Crippen LogP contribution >= 0.6 is 15.9 Å². The van der Waals surface area contributed by atoms with Crippen LogP contribution in [0.2, 0.25) is 0 Å². The Morgan fingerprint density at radius 1 is 0.657 bits per heavy atom. The lowest BCUT2D eigenvalue weighted by Crippen LogP contribution is -2.41. The standard InChI is InChI=1S/C15H24N4O2.C12H9F3N4O3S.C12H12N4O2S.C11H18BNO2.C11H10N4O.C7H6BrN3O2S/c1-6-15(20)17-12-9-11(16)14(21-5)10-13(12)19(4)8-7-18(2)3;1-18-5-4-8(7-18)10-3-2-9-6-16-11(17-19(9)10)22-23(20,21)12(13,14)15;1-15-6-5-9(8-15)11-4-3-10-7-13-12(14-16(10)11)19(2,17)18;1-10(2)11(3,4)15-12(14-10)9-6-7-13(5)8-9;1-14-5-4-8(7-14)10-3-2-9-6-12-11(16)13-15(9)10;1-14(12,13)7-9-4-5-2-3-6(8)11(5)10-7/h6,9-10H,1,7-8,16H2,2-5H3,(H,17,20);2-7H,1H3;3-8H,1-2H3;6-8H,1-5H3;2-7H,1H3,(H,13,16);2-4H,1H3. The second-order valence-electron chi connectivity index (χ2n) is 25.8. The number of sulfone groups is 2. The molecule has 1 saturated heterocycles. The van der Waals surface area contributed by atoms with Crippen LogP contribution in [0.25, 0.3) is 55.8 Å². The van der Waals surface area contributed by atoms with E-state index >= 15 is 0 Å². The number of benzene rings is 1. The molecule has 1 aliphatic rings. The van der Waals surface area contributed by atoms with Gasteiger partial charge in [-0.15, -0.1) is 15.3 Å². The quantitative estimate of drug-likeness (QED) is 0.0290. The van der Waals surface area contributed by atoms with Crippen molar-refractivity contribution in [2.45, 2.75) is 54.7 Å². The van der Waals surface area contributed by atoms with Crippen LogP contribution in [0.3, 0.4) is 0 Å². The van der Waals surface area contributed by atoms with Crippen molar-refractivity contribution in [3.05, 3.63) is 187 Å². The van der Waals surface area contributed by atoms with Gasteiger partial charge in [0, 0.05) is 139 Å². The third-order valence-corrected chi connectivity index (χ3v) is 19.7. The molecule has 0 spiro atoms. The number of nitrogens with one attached hydrogen (secondary N) is 2. The third-order valence-electron chi connectivity index (χ3n) is 16.5. The molecular formula is C68H79BBrF3N20O12S3. The summed E-state index contributed by atoms with van der Waals surface area (Å²) in [5, 5.41) is 16.8. The Balaban J connectivity index is 0.000000151. The van der Waals surface area contributed by atoms with Crippen LogP contribution in [-0.4, -0.2) is 190 Å². The van der Waals surface area contributed by atoms with Crippen molar-refractivity contribution >= 4 is 103 Å². The molecule has 1 aliphatic heterocycles. The van der Waals surface area contributed by atoms with Gasteiger partial charge < -0.3 is 57.3 Å². The number of halogens is 4. The lowest BCUT2D eigenvalue weighted by molar-refractivity contribution is -0.111. The number of aromatic amines is 1. The number of aryl methyl sites for hydroxylation is 4. The summed E-state index contributed by atoms with van der Waals surface area (Å²) in [4.78, 5) is 41.6. The predicted molar refractivity (Wildman–Crippen MR) is 407 cm³/mol. The number of carbonyl (C=O) groups is 1. The number of hydrogen-bond donors (Lipinski definition) is 3. The molecule has 0 unspecified atom stereocenters. The van der Waals surface area contributed by atoms with E-state index in [0.717, 1.165) is 81.4 Å². The molecule has 14 rings (SSSR count). The van der Waals surface area contributed by atoms with Crippen molar-refractivity contribution in [1.29, 1.82) is 0 Å². The van der Waals surface area contributed by atoms with E-state index in [1.807, 2.05) is 147 Å². The average molecular weight is 1610 g/mol. The largest absolute Gasteiger partial charge is 0.534 e. The second-order valence-corrected chi connectivity index (χ2v) is 32.0. The number of nitrogen functional groups attached to an aromatic ring is 1. The van der Waals surface area contributed by atoms with Gasteiger partial charge in [-0.3, -0.25) is 9.31 Å². The van der Waals surface area contributed by atoms with Gasteiger partial charge in [-0.1, -0.05) is 6.58 Å². The normalized spacial score (nSPS) is 13.3. The molecule has 0 bridgehead atoms. The van der Waals surface area contributed by atoms with Gasteiger partial charge in [0.05, 0.1) is 99.3 Å². The van der Waals surface area contributed by atoms with Crippen LogP contribution in [0, 0.1) is 0 Å². The average Bonchev–Trinajstić information content (AvgIpc) is 1.61. The summed E-state index contributed by atoms with van der Waals surface area (Å²) in [5.41, 5.74) is 10.5. The molecule has 4 N–H and O–H groups in total. The van der Waals surface area contributed by atoms with Crippen molar-refractivity contribution in [1.82, 2.24) is 81.6 Å². The number of likely N-dealkylation sites (N-methyl/N-ethyl adjacent to an activating group) is 2. The molecule has 13 aromatic rings. The SMILES string of the molecule is C=CC(=O)Nc1cc(N)c(OC)cc1N(C)CCN(C)C.CS(=O)(=O)c1ncc2ccc(Br)n2n1.Cn1ccc(-c2ccc3cnc(=O)[nH]n23)c1.Cn1ccc(-c2ccc3cnc(OS(=O)(=O)C(F)(F)F)nn23)c1.Cn1ccc(-c2ccc3cnc(S(C)(=O)=O)nn23)c1.Cn1ccc(B2OC(C)(C)C(C)(C)O2)c1. The van der Waals surface area contributed by atoms with Gasteiger partial charge in [0.15, 0.2) is 0 Å². The Morgan fingerprint density at radius 2 is 1.12 bits per heavy atom. The molecule has 32 nitrogen and oxygen atoms in total. The first-order valence-corrected chi connectivity index (χ1v) is 38.3. The van der Waals surface area contributed by atoms with Crippen LogP contribution in [-0.2, 0) is 72.1 Å². The molecule has 108 heavy (non-hydrogen) atoms. The number of aromatic nitrogens is 16. The Kier molecular flexibility index (Phi) is 24.6. The van der Waals surface area contributed by atoms with E-state index in [2.05, 4.69) is 105 Å². The van der Waals surface area contributed by atoms with Gasteiger partial charge >= 0.3 is 34.4 Å². The molecule has 12 aromatic heterocycles. The monoisotopic (exact) mass is 1610 g/mol.